The lowest BCUT2D eigenvalue weighted by atomic mass is 9.70. The third kappa shape index (κ3) is 6.65. The Labute approximate surface area is 299 Å². The Morgan fingerprint density at radius 3 is 2.51 bits per heavy atom. The fraction of sp³-hybridized carbons (Fsp3) is 0.486. The second kappa shape index (κ2) is 13.8. The predicted octanol–water partition coefficient (Wildman–Crippen LogP) is 0.791. The van der Waals surface area contributed by atoms with Crippen molar-refractivity contribution in [2.45, 2.75) is 75.8 Å². The number of amides is 5. The molecule has 18 heteroatoms. The molecule has 7 rings (SSSR count). The highest BCUT2D eigenvalue weighted by Gasteiger charge is 2.79. The van der Waals surface area contributed by atoms with E-state index in [9.17, 15) is 56.6 Å². The van der Waals surface area contributed by atoms with Crippen molar-refractivity contribution in [2.24, 2.45) is 23.2 Å². The Bertz CT molecular complexity index is 1980. The summed E-state index contributed by atoms with van der Waals surface area (Å²) in [6.07, 6.45) is -4.68. The van der Waals surface area contributed by atoms with Crippen LogP contribution in [0.25, 0.3) is 0 Å². The number of nitrogens with zero attached hydrogens (tertiary/aromatic N) is 1. The van der Waals surface area contributed by atoms with Crippen molar-refractivity contribution < 1.29 is 51.8 Å². The number of hydrogen-bond acceptors (Lipinski definition) is 8. The summed E-state index contributed by atoms with van der Waals surface area (Å²) in [6.45, 7) is -0.504. The Hall–Kier alpha value is -5.55. The first-order valence-corrected chi connectivity index (χ1v) is 17.0. The van der Waals surface area contributed by atoms with E-state index in [0.29, 0.717) is 5.56 Å². The minimum atomic E-state index is -4.66. The van der Waals surface area contributed by atoms with E-state index in [0.717, 1.165) is 10.1 Å². The van der Waals surface area contributed by atoms with Crippen molar-refractivity contribution in [3.05, 3.63) is 63.6 Å². The van der Waals surface area contributed by atoms with E-state index in [4.69, 9.17) is 0 Å². The normalized spacial score (nSPS) is 25.8. The Balaban J connectivity index is 1.18. The van der Waals surface area contributed by atoms with Crippen molar-refractivity contribution in [3.8, 4) is 0 Å². The number of benzene rings is 1. The number of aromatic nitrogens is 1. The van der Waals surface area contributed by atoms with E-state index < -0.39 is 95.3 Å². The smallest absolute Gasteiger partial charge is 0.394 e. The quantitative estimate of drug-likeness (QED) is 0.169. The maximum absolute atomic E-state index is 14.4. The predicted molar refractivity (Wildman–Crippen MR) is 177 cm³/mol. The molecule has 15 nitrogen and oxygen atoms in total. The molecular formula is C35H37F3N6O9. The molecule has 2 heterocycles. The first-order valence-electron chi connectivity index (χ1n) is 17.0. The molecule has 6 N–H and O–H groups in total. The van der Waals surface area contributed by atoms with Crippen LogP contribution in [-0.2, 0) is 48.3 Å². The van der Waals surface area contributed by atoms with Gasteiger partial charge in [-0.1, -0.05) is 6.07 Å². The highest BCUT2D eigenvalue weighted by atomic mass is 19.4. The molecule has 2 aromatic rings. The average molecular weight is 743 g/mol. The lowest BCUT2D eigenvalue weighted by molar-refractivity contribution is -0.236. The lowest BCUT2D eigenvalue weighted by Gasteiger charge is -2.41. The number of halogens is 3. The third-order valence-corrected chi connectivity index (χ3v) is 11.2. The van der Waals surface area contributed by atoms with Crippen LogP contribution in [0, 0.1) is 23.2 Å². The third-order valence-electron chi connectivity index (χ3n) is 11.2. The molecule has 0 spiro atoms. The van der Waals surface area contributed by atoms with Gasteiger partial charge in [-0.2, -0.15) is 13.2 Å². The summed E-state index contributed by atoms with van der Waals surface area (Å²) >= 11 is 0. The maximum atomic E-state index is 14.4. The molecule has 0 radical (unpaired) electrons. The minimum absolute atomic E-state index is 0.000100. The number of fused-ring (bicyclic) bond motifs is 1. The molecule has 4 saturated carbocycles. The molecule has 282 valence electrons. The van der Waals surface area contributed by atoms with Gasteiger partial charge in [-0.25, -0.2) is 4.79 Å². The number of aliphatic carboxylic acids is 1. The molecule has 5 aliphatic rings. The molecule has 6 atom stereocenters. The van der Waals surface area contributed by atoms with E-state index in [2.05, 4.69) is 26.6 Å². The first-order chi connectivity index (χ1) is 25.0. The summed E-state index contributed by atoms with van der Waals surface area (Å²) in [6, 6.07) is 5.64. The zero-order chi connectivity index (χ0) is 38.5. The van der Waals surface area contributed by atoms with Crippen molar-refractivity contribution >= 4 is 47.0 Å². The van der Waals surface area contributed by atoms with Gasteiger partial charge >= 0.3 is 12.1 Å². The highest BCUT2D eigenvalue weighted by Crippen LogP contribution is 2.73. The van der Waals surface area contributed by atoms with Gasteiger partial charge in [0.1, 0.15) is 23.8 Å². The molecule has 4 bridgehead atoms. The number of nitrogens with one attached hydrogen (secondary N) is 5. The topological polar surface area (TPSA) is 222 Å². The summed E-state index contributed by atoms with van der Waals surface area (Å²) in [5.41, 5.74) is -4.19. The SMILES string of the molecule is CNC(=O)C(=O)CC[C@H](NC(=O)c1ccc2c(c1)CC(=O)NC2)C(=O)Nc1cccn(CC(=O)NC2(C(=O)O)C3CC4CC2C(C(F)(F)F)(C4)C3)c1=O. The van der Waals surface area contributed by atoms with E-state index in [1.54, 1.807) is 6.07 Å². The van der Waals surface area contributed by atoms with Crippen LogP contribution in [0.2, 0.25) is 0 Å². The van der Waals surface area contributed by atoms with Crippen LogP contribution < -0.4 is 32.1 Å². The Morgan fingerprint density at radius 2 is 1.81 bits per heavy atom. The van der Waals surface area contributed by atoms with Crippen molar-refractivity contribution in [2.75, 3.05) is 12.4 Å². The molecule has 1 aromatic heterocycles. The molecule has 1 aromatic carbocycles. The van der Waals surface area contributed by atoms with Crippen molar-refractivity contribution in [1.82, 2.24) is 25.8 Å². The molecule has 4 fully saturated rings. The van der Waals surface area contributed by atoms with E-state index in [-0.39, 0.29) is 61.7 Å². The second-order valence-corrected chi connectivity index (χ2v) is 14.2. The number of pyridine rings is 1. The van der Waals surface area contributed by atoms with E-state index in [1.165, 1.54) is 37.5 Å². The number of hydrogen-bond donors (Lipinski definition) is 6. The largest absolute Gasteiger partial charge is 0.479 e. The number of carbonyl (C=O) groups excluding carboxylic acids is 6. The van der Waals surface area contributed by atoms with Gasteiger partial charge in [0.2, 0.25) is 23.5 Å². The zero-order valence-electron chi connectivity index (χ0n) is 28.4. The number of ketones is 1. The summed E-state index contributed by atoms with van der Waals surface area (Å²) in [7, 11) is 1.24. The molecular weight excluding hydrogens is 705 g/mol. The second-order valence-electron chi connectivity index (χ2n) is 14.2. The number of Topliss-reactive ketones (excluding diaryl/α,β-unsaturated/α-hetero) is 1. The number of alkyl halides is 3. The van der Waals surface area contributed by atoms with Gasteiger partial charge in [-0.3, -0.25) is 33.6 Å². The van der Waals surface area contributed by atoms with E-state index >= 15 is 0 Å². The van der Waals surface area contributed by atoms with Gasteiger partial charge in [0.15, 0.2) is 0 Å². The first kappa shape index (κ1) is 37.2. The summed E-state index contributed by atoms with van der Waals surface area (Å²) in [5, 5.41) is 22.4. The molecule has 4 aliphatic carbocycles. The Kier molecular flexibility index (Phi) is 9.67. The number of rotatable bonds is 12. The summed E-state index contributed by atoms with van der Waals surface area (Å²) in [4.78, 5) is 102. The minimum Gasteiger partial charge on any atom is -0.479 e. The van der Waals surface area contributed by atoms with Crippen molar-refractivity contribution in [3.63, 3.8) is 0 Å². The average Bonchev–Trinajstić information content (AvgIpc) is 3.49. The van der Waals surface area contributed by atoms with Gasteiger partial charge in [0.05, 0.1) is 11.8 Å². The van der Waals surface area contributed by atoms with Crippen LogP contribution in [0.1, 0.15) is 60.0 Å². The lowest BCUT2D eigenvalue weighted by Crippen LogP contribution is -2.64. The van der Waals surface area contributed by atoms with Gasteiger partial charge in [-0.05, 0) is 79.3 Å². The van der Waals surface area contributed by atoms with Gasteiger partial charge in [0, 0.05) is 37.7 Å². The van der Waals surface area contributed by atoms with Gasteiger partial charge < -0.3 is 36.3 Å². The van der Waals surface area contributed by atoms with E-state index in [1.807, 2.05) is 0 Å². The molecule has 0 saturated heterocycles. The van der Waals surface area contributed by atoms with Crippen LogP contribution in [0.4, 0.5) is 18.9 Å². The molecule has 1 aliphatic heterocycles. The van der Waals surface area contributed by atoms with Crippen LogP contribution in [0.5, 0.6) is 0 Å². The standard InChI is InChI=1S/C35H37F3N6O9/c1-39-30(50)24(45)7-6-22(41-28(48)18-4-5-19-15-40-26(46)12-20(19)11-18)29(49)42-23-3-2-8-44(31(23)51)16-27(47)43-34(32(52)53)21-9-17-10-25(34)33(13-17,14-21)35(36,37)38/h2-5,8,11,17,21-22,25H,6-7,9-10,12-16H2,1H3,(H,39,50)(H,40,46)(H,41,48)(H,42,49)(H,43,47)(H,52,53)/t17?,21?,22-,25?,33?,34?/m0/s1. The van der Waals surface area contributed by atoms with Crippen LogP contribution in [-0.4, -0.2) is 75.8 Å². The van der Waals surface area contributed by atoms with Crippen LogP contribution in [0.3, 0.4) is 0 Å². The van der Waals surface area contributed by atoms with Gasteiger partial charge in [-0.15, -0.1) is 0 Å². The molecule has 5 amide bonds. The fourth-order valence-corrected chi connectivity index (χ4v) is 8.85. The molecule has 53 heavy (non-hydrogen) atoms. The van der Waals surface area contributed by atoms with Crippen LogP contribution >= 0.6 is 0 Å². The number of carbonyl (C=O) groups is 7. The Morgan fingerprint density at radius 1 is 1.06 bits per heavy atom. The fourth-order valence-electron chi connectivity index (χ4n) is 8.85. The zero-order valence-corrected chi connectivity index (χ0v) is 28.4. The maximum Gasteiger partial charge on any atom is 0.394 e. The number of anilines is 1. The number of likely N-dealkylation sites (N-methyl/N-ethyl adjacent to an activating group) is 1. The highest BCUT2D eigenvalue weighted by molar-refractivity contribution is 6.36. The molecule has 5 unspecified atom stereocenters. The monoisotopic (exact) mass is 742 g/mol. The number of carboxylic acid groups (broad SMARTS) is 1. The summed E-state index contributed by atoms with van der Waals surface area (Å²) < 4.78 is 43.9. The summed E-state index contributed by atoms with van der Waals surface area (Å²) in [5.74, 6) is -8.94. The number of carboxylic acids is 1. The van der Waals surface area contributed by atoms with Gasteiger partial charge in [0.25, 0.3) is 17.4 Å². The van der Waals surface area contributed by atoms with Crippen LogP contribution in [0.15, 0.2) is 41.3 Å². The van der Waals surface area contributed by atoms with Crippen molar-refractivity contribution in [1.29, 1.82) is 0 Å².